The lowest BCUT2D eigenvalue weighted by atomic mass is 9.98. The molecule has 0 saturated heterocycles. The van der Waals surface area contributed by atoms with Crippen molar-refractivity contribution in [1.29, 1.82) is 0 Å². The van der Waals surface area contributed by atoms with Crippen LogP contribution in [0.3, 0.4) is 0 Å². The molecule has 6 aromatic rings. The van der Waals surface area contributed by atoms with Gasteiger partial charge in [-0.25, -0.2) is 23.5 Å². The third-order valence-corrected chi connectivity index (χ3v) is 9.18. The van der Waals surface area contributed by atoms with Crippen molar-refractivity contribution >= 4 is 29.4 Å². The van der Waals surface area contributed by atoms with E-state index in [1.165, 1.54) is 45.2 Å². The Labute approximate surface area is 308 Å². The lowest BCUT2D eigenvalue weighted by Gasteiger charge is -2.31. The van der Waals surface area contributed by atoms with Crippen molar-refractivity contribution < 1.29 is 14.3 Å². The molecule has 0 N–H and O–H groups in total. The monoisotopic (exact) mass is 742 g/mol. The first-order valence-electron chi connectivity index (χ1n) is 16.2. The van der Waals surface area contributed by atoms with Crippen LogP contribution in [-0.2, 0) is 34.8 Å². The zero-order valence-electron chi connectivity index (χ0n) is 29.8. The molecule has 6 rings (SSSR count). The van der Waals surface area contributed by atoms with Crippen molar-refractivity contribution in [2.75, 3.05) is 0 Å². The van der Waals surface area contributed by atoms with Crippen LogP contribution in [0.5, 0.6) is 0 Å². The smallest absolute Gasteiger partial charge is 0.423 e. The summed E-state index contributed by atoms with van der Waals surface area (Å²) in [4.78, 5) is 41.0. The molecule has 15 heteroatoms. The summed E-state index contributed by atoms with van der Waals surface area (Å²) >= 11 is 12.2. The molecule has 2 aromatic carbocycles. The Morgan fingerprint density at radius 3 is 1.33 bits per heavy atom. The van der Waals surface area contributed by atoms with E-state index in [4.69, 9.17) is 42.9 Å². The van der Waals surface area contributed by atoms with E-state index in [2.05, 4.69) is 10.2 Å². The normalized spacial score (nSPS) is 11.9. The summed E-state index contributed by atoms with van der Waals surface area (Å²) in [5.41, 5.74) is 1.23. The van der Waals surface area contributed by atoms with Gasteiger partial charge >= 0.3 is 6.16 Å². The summed E-state index contributed by atoms with van der Waals surface area (Å²) in [7, 11) is 3.05. The summed E-state index contributed by atoms with van der Waals surface area (Å²) in [6.45, 7) is 10.1. The average molecular weight is 744 g/mol. The highest BCUT2D eigenvalue weighted by Gasteiger charge is 2.37. The molecular weight excluding hydrogens is 707 g/mol. The number of carbonyl (C=O) groups is 1. The Balaban J connectivity index is 1.33. The van der Waals surface area contributed by atoms with Crippen LogP contribution in [0.2, 0.25) is 10.0 Å². The molecule has 0 spiro atoms. The molecule has 4 heterocycles. The molecule has 52 heavy (non-hydrogen) atoms. The lowest BCUT2D eigenvalue weighted by Crippen LogP contribution is -2.37. The molecule has 0 radical (unpaired) electrons. The minimum absolute atomic E-state index is 0.149. The SMILES string of the molecule is Cc1cc(-c2ccc(Cl)cc2)nn1-c1c(C(C)(C)OC(=O)OC(C)(C)c2cnn(C)c(=O)c2-n2nc(-c3ccc(Cl)cc3)cc2C)cnn(C)c1=O. The minimum atomic E-state index is -1.44. The average Bonchev–Trinajstić information content (AvgIpc) is 3.65. The molecule has 0 fully saturated rings. The summed E-state index contributed by atoms with van der Waals surface area (Å²) in [5, 5.41) is 19.1. The first-order valence-corrected chi connectivity index (χ1v) is 16.9. The van der Waals surface area contributed by atoms with Crippen LogP contribution in [0.1, 0.15) is 50.2 Å². The van der Waals surface area contributed by atoms with E-state index in [0.717, 1.165) is 11.1 Å². The van der Waals surface area contributed by atoms with Gasteiger partial charge in [0.1, 0.15) is 22.6 Å². The van der Waals surface area contributed by atoms with Gasteiger partial charge in [0.2, 0.25) is 0 Å². The van der Waals surface area contributed by atoms with Crippen molar-refractivity contribution in [2.45, 2.75) is 52.7 Å². The molecule has 0 aliphatic rings. The number of ether oxygens (including phenoxy) is 2. The highest BCUT2D eigenvalue weighted by molar-refractivity contribution is 6.30. The van der Waals surface area contributed by atoms with Crippen molar-refractivity contribution in [3.63, 3.8) is 0 Å². The van der Waals surface area contributed by atoms with Crippen molar-refractivity contribution in [3.8, 4) is 33.9 Å². The maximum atomic E-state index is 13.7. The third-order valence-electron chi connectivity index (χ3n) is 8.68. The Hall–Kier alpha value is -5.53. The summed E-state index contributed by atoms with van der Waals surface area (Å²) in [5.74, 6) is 0. The van der Waals surface area contributed by atoms with Gasteiger partial charge in [0.15, 0.2) is 0 Å². The van der Waals surface area contributed by atoms with Gasteiger partial charge in [-0.15, -0.1) is 0 Å². The number of halogens is 2. The molecule has 0 saturated carbocycles. The predicted molar refractivity (Wildman–Crippen MR) is 197 cm³/mol. The van der Waals surface area contributed by atoms with Gasteiger partial charge in [-0.1, -0.05) is 47.5 Å². The van der Waals surface area contributed by atoms with E-state index >= 15 is 0 Å². The Morgan fingerprint density at radius 2 is 0.981 bits per heavy atom. The standard InChI is InChI=1S/C37H36Cl2N8O5/c1-21-17-29(23-9-13-25(38)14-10-23)42-46(21)31-27(19-40-44(7)33(31)48)36(3,4)51-35(50)52-37(5,6)28-20-41-45(8)34(49)32(28)47-22(2)18-30(43-47)24-11-15-26(39)16-12-24/h9-20H,1-8H3. The van der Waals surface area contributed by atoms with Gasteiger partial charge in [0, 0.05) is 57.8 Å². The second-order valence-corrected chi connectivity index (χ2v) is 14.2. The molecule has 0 bridgehead atoms. The van der Waals surface area contributed by atoms with Gasteiger partial charge in [0.25, 0.3) is 11.1 Å². The number of benzene rings is 2. The maximum absolute atomic E-state index is 13.7. The van der Waals surface area contributed by atoms with E-state index in [1.807, 2.05) is 50.2 Å². The lowest BCUT2D eigenvalue weighted by molar-refractivity contribution is -0.0637. The molecular formula is C37H36Cl2N8O5. The van der Waals surface area contributed by atoms with E-state index in [1.54, 1.807) is 52.0 Å². The van der Waals surface area contributed by atoms with Crippen molar-refractivity contribution in [2.24, 2.45) is 14.1 Å². The number of hydrogen-bond donors (Lipinski definition) is 0. The molecule has 0 unspecified atom stereocenters. The minimum Gasteiger partial charge on any atom is -0.423 e. The van der Waals surface area contributed by atoms with Crippen LogP contribution in [0.4, 0.5) is 4.79 Å². The van der Waals surface area contributed by atoms with Crippen LogP contribution >= 0.6 is 23.2 Å². The van der Waals surface area contributed by atoms with Crippen molar-refractivity contribution in [1.82, 2.24) is 39.1 Å². The van der Waals surface area contributed by atoms with E-state index in [0.29, 0.717) is 32.8 Å². The van der Waals surface area contributed by atoms with Crippen molar-refractivity contribution in [3.05, 3.63) is 126 Å². The number of aromatic nitrogens is 8. The number of rotatable bonds is 8. The quantitative estimate of drug-likeness (QED) is 0.154. The fourth-order valence-corrected chi connectivity index (χ4v) is 6.07. The number of nitrogens with zero attached hydrogens (tertiary/aromatic N) is 8. The van der Waals surface area contributed by atoms with Gasteiger partial charge in [-0.05, 0) is 77.9 Å². The zero-order chi connectivity index (χ0) is 37.7. The van der Waals surface area contributed by atoms with E-state index in [9.17, 15) is 14.4 Å². The molecule has 268 valence electrons. The van der Waals surface area contributed by atoms with Gasteiger partial charge in [0.05, 0.1) is 23.8 Å². The third kappa shape index (κ3) is 6.89. The molecule has 13 nitrogen and oxygen atoms in total. The largest absolute Gasteiger partial charge is 0.510 e. The molecule has 0 aliphatic heterocycles. The first kappa shape index (κ1) is 36.3. The fourth-order valence-electron chi connectivity index (χ4n) is 5.82. The van der Waals surface area contributed by atoms with Crippen LogP contribution in [-0.4, -0.2) is 45.3 Å². The highest BCUT2D eigenvalue weighted by atomic mass is 35.5. The van der Waals surface area contributed by atoms with Crippen LogP contribution in [0.15, 0.2) is 82.6 Å². The maximum Gasteiger partial charge on any atom is 0.510 e. The highest BCUT2D eigenvalue weighted by Crippen LogP contribution is 2.34. The Kier molecular flexibility index (Phi) is 9.45. The van der Waals surface area contributed by atoms with Crippen LogP contribution in [0, 0.1) is 13.8 Å². The van der Waals surface area contributed by atoms with Crippen LogP contribution < -0.4 is 11.1 Å². The van der Waals surface area contributed by atoms with Gasteiger partial charge in [-0.2, -0.15) is 20.4 Å². The molecule has 0 amide bonds. The second kappa shape index (κ2) is 13.5. The van der Waals surface area contributed by atoms with Crippen LogP contribution in [0.25, 0.3) is 33.9 Å². The zero-order valence-corrected chi connectivity index (χ0v) is 31.3. The van der Waals surface area contributed by atoms with E-state index < -0.39 is 28.5 Å². The second-order valence-electron chi connectivity index (χ2n) is 13.3. The number of aryl methyl sites for hydroxylation is 4. The van der Waals surface area contributed by atoms with E-state index in [-0.39, 0.29) is 22.5 Å². The number of carbonyl (C=O) groups excluding carboxylic acids is 1. The Morgan fingerprint density at radius 1 is 0.635 bits per heavy atom. The molecule has 0 atom stereocenters. The summed E-state index contributed by atoms with van der Waals surface area (Å²) in [6.07, 6.45) is 1.85. The topological polar surface area (TPSA) is 141 Å². The molecule has 4 aromatic heterocycles. The summed E-state index contributed by atoms with van der Waals surface area (Å²) in [6, 6.07) is 18.0. The summed E-state index contributed by atoms with van der Waals surface area (Å²) < 4.78 is 17.2. The number of hydrogen-bond acceptors (Lipinski definition) is 9. The van der Waals surface area contributed by atoms with Gasteiger partial charge in [-0.3, -0.25) is 9.59 Å². The van der Waals surface area contributed by atoms with Gasteiger partial charge < -0.3 is 9.47 Å². The fraction of sp³-hybridized carbons (Fsp3) is 0.270. The first-order chi connectivity index (χ1) is 24.5. The molecule has 0 aliphatic carbocycles. The Bertz CT molecular complexity index is 2270. The predicted octanol–water partition coefficient (Wildman–Crippen LogP) is 6.83.